The first-order valence-electron chi connectivity index (χ1n) is 8.95. The number of esters is 1. The largest absolute Gasteiger partial charge is 0.494 e. The third-order valence-corrected chi connectivity index (χ3v) is 5.53. The monoisotopic (exact) mass is 474 g/mol. The Bertz CT molecular complexity index is 1380. The summed E-state index contributed by atoms with van der Waals surface area (Å²) >= 11 is 18.4. The lowest BCUT2D eigenvalue weighted by Gasteiger charge is -2.12. The van der Waals surface area contributed by atoms with Gasteiger partial charge in [0.25, 0.3) is 0 Å². The Kier molecular flexibility index (Phi) is 5.92. The summed E-state index contributed by atoms with van der Waals surface area (Å²) in [6, 6.07) is 14.4. The van der Waals surface area contributed by atoms with Crippen LogP contribution in [0.25, 0.3) is 22.1 Å². The molecule has 0 aliphatic heterocycles. The van der Waals surface area contributed by atoms with Gasteiger partial charge in [-0.05, 0) is 30.3 Å². The fourth-order valence-electron chi connectivity index (χ4n) is 3.12. The average molecular weight is 476 g/mol. The smallest absolute Gasteiger partial charge is 0.348 e. The van der Waals surface area contributed by atoms with Gasteiger partial charge < -0.3 is 13.9 Å². The van der Waals surface area contributed by atoms with Crippen LogP contribution in [-0.4, -0.2) is 13.1 Å². The number of carbonyl (C=O) groups excluding carboxylic acids is 1. The van der Waals surface area contributed by atoms with Gasteiger partial charge in [0.2, 0.25) is 5.43 Å². The number of hydrogen-bond donors (Lipinski definition) is 0. The summed E-state index contributed by atoms with van der Waals surface area (Å²) in [6.45, 7) is 0. The van der Waals surface area contributed by atoms with Crippen molar-refractivity contribution in [2.24, 2.45) is 0 Å². The molecule has 156 valence electrons. The number of halogens is 3. The fourth-order valence-corrected chi connectivity index (χ4v) is 3.82. The summed E-state index contributed by atoms with van der Waals surface area (Å²) in [6.07, 6.45) is 1.33. The standard InChI is InChI=1S/C23H13Cl3O5/c1-29-22-18(26)9-8-17(25)20(22)23(28)31-12-6-7-14-19(10-12)30-11-15(21(14)27)13-4-2-3-5-16(13)24/h2-11H,1H3. The Balaban J connectivity index is 1.71. The van der Waals surface area contributed by atoms with Gasteiger partial charge in [-0.1, -0.05) is 53.0 Å². The van der Waals surface area contributed by atoms with E-state index in [1.54, 1.807) is 24.3 Å². The average Bonchev–Trinajstić information content (AvgIpc) is 2.76. The first-order chi connectivity index (χ1) is 14.9. The van der Waals surface area contributed by atoms with Gasteiger partial charge in [-0.2, -0.15) is 0 Å². The Morgan fingerprint density at radius 1 is 0.903 bits per heavy atom. The molecule has 0 bridgehead atoms. The molecule has 0 aliphatic carbocycles. The van der Waals surface area contributed by atoms with Crippen molar-refractivity contribution in [2.75, 3.05) is 7.11 Å². The molecule has 0 saturated carbocycles. The molecule has 0 radical (unpaired) electrons. The zero-order chi connectivity index (χ0) is 22.1. The van der Waals surface area contributed by atoms with Crippen LogP contribution in [0, 0.1) is 0 Å². The molecule has 0 N–H and O–H groups in total. The molecule has 4 rings (SSSR count). The summed E-state index contributed by atoms with van der Waals surface area (Å²) in [5.41, 5.74) is 0.880. The number of rotatable bonds is 4. The molecule has 31 heavy (non-hydrogen) atoms. The van der Waals surface area contributed by atoms with E-state index in [0.29, 0.717) is 21.5 Å². The van der Waals surface area contributed by atoms with Crippen LogP contribution >= 0.6 is 34.8 Å². The van der Waals surface area contributed by atoms with Crippen molar-refractivity contribution in [3.63, 3.8) is 0 Å². The Morgan fingerprint density at radius 3 is 2.39 bits per heavy atom. The molecule has 3 aromatic carbocycles. The SMILES string of the molecule is COc1c(Cl)ccc(Cl)c1C(=O)Oc1ccc2c(=O)c(-c3ccccc3Cl)coc2c1. The third-order valence-electron chi connectivity index (χ3n) is 4.59. The van der Waals surface area contributed by atoms with Crippen molar-refractivity contribution in [1.29, 1.82) is 0 Å². The van der Waals surface area contributed by atoms with Crippen LogP contribution in [0.3, 0.4) is 0 Å². The molecule has 4 aromatic rings. The Morgan fingerprint density at radius 2 is 1.65 bits per heavy atom. The highest BCUT2D eigenvalue weighted by atomic mass is 35.5. The van der Waals surface area contributed by atoms with Gasteiger partial charge in [0.05, 0.1) is 28.1 Å². The minimum atomic E-state index is -0.765. The van der Waals surface area contributed by atoms with Gasteiger partial charge in [0, 0.05) is 16.7 Å². The van der Waals surface area contributed by atoms with Gasteiger partial charge in [-0.25, -0.2) is 4.79 Å². The summed E-state index contributed by atoms with van der Waals surface area (Å²) in [5.74, 6) is -0.501. The third kappa shape index (κ3) is 4.00. The summed E-state index contributed by atoms with van der Waals surface area (Å²) in [7, 11) is 1.37. The second-order valence-electron chi connectivity index (χ2n) is 6.44. The van der Waals surface area contributed by atoms with Crippen molar-refractivity contribution < 1.29 is 18.7 Å². The number of ether oxygens (including phenoxy) is 2. The molecular weight excluding hydrogens is 463 g/mol. The number of carbonyl (C=O) groups is 1. The number of benzene rings is 3. The first-order valence-corrected chi connectivity index (χ1v) is 10.1. The summed E-state index contributed by atoms with van der Waals surface area (Å²) in [4.78, 5) is 25.6. The van der Waals surface area contributed by atoms with Crippen LogP contribution < -0.4 is 14.9 Å². The van der Waals surface area contributed by atoms with Crippen LogP contribution in [0.4, 0.5) is 0 Å². The van der Waals surface area contributed by atoms with Gasteiger partial charge in [-0.3, -0.25) is 4.79 Å². The van der Waals surface area contributed by atoms with E-state index in [1.165, 1.54) is 43.7 Å². The summed E-state index contributed by atoms with van der Waals surface area (Å²) in [5, 5.41) is 1.10. The summed E-state index contributed by atoms with van der Waals surface area (Å²) < 4.78 is 16.2. The van der Waals surface area contributed by atoms with Gasteiger partial charge >= 0.3 is 5.97 Å². The van der Waals surface area contributed by atoms with Crippen molar-refractivity contribution in [1.82, 2.24) is 0 Å². The Labute approximate surface area is 191 Å². The molecule has 5 nitrogen and oxygen atoms in total. The lowest BCUT2D eigenvalue weighted by molar-refractivity contribution is 0.0731. The normalized spacial score (nSPS) is 10.8. The lowest BCUT2D eigenvalue weighted by Crippen LogP contribution is -2.11. The van der Waals surface area contributed by atoms with Crippen LogP contribution in [0.1, 0.15) is 10.4 Å². The maximum atomic E-state index is 12.9. The molecule has 0 spiro atoms. The lowest BCUT2D eigenvalue weighted by atomic mass is 10.1. The molecule has 0 atom stereocenters. The van der Waals surface area contributed by atoms with Crippen molar-refractivity contribution in [3.05, 3.63) is 91.7 Å². The quantitative estimate of drug-likeness (QED) is 0.244. The zero-order valence-electron chi connectivity index (χ0n) is 15.9. The molecule has 0 aliphatic rings. The van der Waals surface area contributed by atoms with E-state index < -0.39 is 5.97 Å². The number of hydrogen-bond acceptors (Lipinski definition) is 5. The minimum absolute atomic E-state index is 0.00714. The van der Waals surface area contributed by atoms with Crippen LogP contribution in [0.15, 0.2) is 70.1 Å². The molecule has 1 heterocycles. The highest BCUT2D eigenvalue weighted by Crippen LogP contribution is 2.35. The van der Waals surface area contributed by atoms with E-state index in [4.69, 9.17) is 48.7 Å². The predicted octanol–water partition coefficient (Wildman–Crippen LogP) is 6.65. The van der Waals surface area contributed by atoms with E-state index in [-0.39, 0.29) is 38.1 Å². The molecule has 0 unspecified atom stereocenters. The van der Waals surface area contributed by atoms with Crippen molar-refractivity contribution in [3.8, 4) is 22.6 Å². The molecule has 0 saturated heterocycles. The van der Waals surface area contributed by atoms with Gasteiger partial charge in [0.15, 0.2) is 5.75 Å². The highest BCUT2D eigenvalue weighted by Gasteiger charge is 2.22. The van der Waals surface area contributed by atoms with Gasteiger partial charge in [-0.15, -0.1) is 0 Å². The molecule has 1 aromatic heterocycles. The first kappa shape index (κ1) is 21.2. The van der Waals surface area contributed by atoms with E-state index in [0.717, 1.165) is 0 Å². The maximum Gasteiger partial charge on any atom is 0.348 e. The number of fused-ring (bicyclic) bond motifs is 1. The number of methoxy groups -OCH3 is 1. The molecule has 0 amide bonds. The molecule has 8 heteroatoms. The molecule has 0 fully saturated rings. The predicted molar refractivity (Wildman–Crippen MR) is 121 cm³/mol. The fraction of sp³-hybridized carbons (Fsp3) is 0.0435. The van der Waals surface area contributed by atoms with E-state index in [9.17, 15) is 9.59 Å². The van der Waals surface area contributed by atoms with Crippen LogP contribution in [0.5, 0.6) is 11.5 Å². The van der Waals surface area contributed by atoms with Crippen LogP contribution in [-0.2, 0) is 0 Å². The van der Waals surface area contributed by atoms with E-state index in [2.05, 4.69) is 0 Å². The Hall–Kier alpha value is -2.99. The van der Waals surface area contributed by atoms with Crippen LogP contribution in [0.2, 0.25) is 15.1 Å². The second-order valence-corrected chi connectivity index (χ2v) is 7.66. The van der Waals surface area contributed by atoms with Crippen molar-refractivity contribution >= 4 is 51.7 Å². The topological polar surface area (TPSA) is 65.7 Å². The second kappa shape index (κ2) is 8.63. The minimum Gasteiger partial charge on any atom is -0.494 e. The zero-order valence-corrected chi connectivity index (χ0v) is 18.2. The molecular formula is C23H13Cl3O5. The van der Waals surface area contributed by atoms with E-state index in [1.807, 2.05) is 0 Å². The van der Waals surface area contributed by atoms with Gasteiger partial charge in [0.1, 0.15) is 23.2 Å². The van der Waals surface area contributed by atoms with E-state index >= 15 is 0 Å². The highest BCUT2D eigenvalue weighted by molar-refractivity contribution is 6.37. The maximum absolute atomic E-state index is 12.9. The van der Waals surface area contributed by atoms with Crippen molar-refractivity contribution in [2.45, 2.75) is 0 Å².